The average molecular weight is 395 g/mol. The standard InChI is InChI=1S/C19H13N3O5S/c1-9-3-12-14(4-10(9)2)21-18(23)17(28-19(21)20-12)6-11-5-15-16(27-8-26-15)7-13(11)22(24)25/h3-7H,8H2,1-2H3. The number of thiazole rings is 1. The summed E-state index contributed by atoms with van der Waals surface area (Å²) in [4.78, 5) is 29.0. The van der Waals surface area contributed by atoms with Crippen molar-refractivity contribution in [1.29, 1.82) is 0 Å². The first-order valence-corrected chi connectivity index (χ1v) is 9.26. The molecule has 5 rings (SSSR count). The molecule has 1 aliphatic rings. The van der Waals surface area contributed by atoms with Crippen LogP contribution in [0.1, 0.15) is 16.7 Å². The van der Waals surface area contributed by atoms with E-state index in [2.05, 4.69) is 4.98 Å². The Morgan fingerprint density at radius 1 is 1.18 bits per heavy atom. The van der Waals surface area contributed by atoms with Gasteiger partial charge in [-0.3, -0.25) is 14.9 Å². The predicted octanol–water partition coefficient (Wildman–Crippen LogP) is 2.71. The number of imidazole rings is 1. The summed E-state index contributed by atoms with van der Waals surface area (Å²) in [6.07, 6.45) is 1.51. The summed E-state index contributed by atoms with van der Waals surface area (Å²) in [5.74, 6) is 0.742. The molecule has 0 fully saturated rings. The minimum Gasteiger partial charge on any atom is -0.454 e. The van der Waals surface area contributed by atoms with Gasteiger partial charge in [0.15, 0.2) is 16.5 Å². The van der Waals surface area contributed by atoms with Gasteiger partial charge in [0, 0.05) is 0 Å². The minimum atomic E-state index is -0.501. The number of ether oxygens (including phenoxy) is 2. The minimum absolute atomic E-state index is 0.0142. The maximum Gasteiger partial charge on any atom is 0.280 e. The van der Waals surface area contributed by atoms with Crippen molar-refractivity contribution >= 4 is 39.1 Å². The lowest BCUT2D eigenvalue weighted by atomic mass is 10.1. The van der Waals surface area contributed by atoms with Gasteiger partial charge in [0.05, 0.1) is 32.1 Å². The molecule has 0 saturated heterocycles. The molecule has 0 saturated carbocycles. The third kappa shape index (κ3) is 2.36. The van der Waals surface area contributed by atoms with Crippen LogP contribution in [0.2, 0.25) is 0 Å². The third-order valence-electron chi connectivity index (χ3n) is 4.86. The monoisotopic (exact) mass is 395 g/mol. The molecule has 9 heteroatoms. The topological polar surface area (TPSA) is 96.0 Å². The smallest absolute Gasteiger partial charge is 0.280 e. The number of rotatable bonds is 2. The molecule has 0 spiro atoms. The molecule has 2 aromatic carbocycles. The number of nitro groups is 1. The highest BCUT2D eigenvalue weighted by Gasteiger charge is 2.23. The maximum atomic E-state index is 13.0. The van der Waals surface area contributed by atoms with E-state index in [0.29, 0.717) is 21.0 Å². The van der Waals surface area contributed by atoms with Crippen molar-refractivity contribution in [2.45, 2.75) is 13.8 Å². The zero-order valence-electron chi connectivity index (χ0n) is 14.9. The summed E-state index contributed by atoms with van der Waals surface area (Å²) >= 11 is 1.20. The second kappa shape index (κ2) is 5.77. The van der Waals surface area contributed by atoms with Crippen molar-refractivity contribution in [2.75, 3.05) is 6.79 Å². The third-order valence-corrected chi connectivity index (χ3v) is 5.83. The molecule has 0 bridgehead atoms. The molecular formula is C19H13N3O5S. The summed E-state index contributed by atoms with van der Waals surface area (Å²) < 4.78 is 12.4. The Kier molecular flexibility index (Phi) is 3.44. The fourth-order valence-electron chi connectivity index (χ4n) is 3.28. The van der Waals surface area contributed by atoms with Crippen molar-refractivity contribution in [1.82, 2.24) is 9.38 Å². The van der Waals surface area contributed by atoms with Crippen molar-refractivity contribution in [2.24, 2.45) is 0 Å². The van der Waals surface area contributed by atoms with Crippen LogP contribution < -0.4 is 19.6 Å². The van der Waals surface area contributed by atoms with Crippen LogP contribution in [0.3, 0.4) is 0 Å². The Morgan fingerprint density at radius 2 is 1.89 bits per heavy atom. The number of aromatic nitrogens is 2. The molecule has 28 heavy (non-hydrogen) atoms. The molecule has 0 radical (unpaired) electrons. The van der Waals surface area contributed by atoms with E-state index in [-0.39, 0.29) is 23.6 Å². The van der Waals surface area contributed by atoms with E-state index in [1.165, 1.54) is 29.5 Å². The molecule has 3 heterocycles. The van der Waals surface area contributed by atoms with Gasteiger partial charge in [-0.1, -0.05) is 11.3 Å². The summed E-state index contributed by atoms with van der Waals surface area (Å²) in [6, 6.07) is 6.73. The summed E-state index contributed by atoms with van der Waals surface area (Å²) in [5.41, 5.74) is 3.55. The van der Waals surface area contributed by atoms with Gasteiger partial charge in [-0.05, 0) is 49.2 Å². The Bertz CT molecular complexity index is 1420. The second-order valence-corrected chi connectivity index (χ2v) is 7.60. The fraction of sp³-hybridized carbons (Fsp3) is 0.158. The lowest BCUT2D eigenvalue weighted by molar-refractivity contribution is -0.385. The highest BCUT2D eigenvalue weighted by Crippen LogP contribution is 2.38. The summed E-state index contributed by atoms with van der Waals surface area (Å²) in [6.45, 7) is 3.99. The molecule has 140 valence electrons. The summed E-state index contributed by atoms with van der Waals surface area (Å²) in [5, 5.41) is 11.5. The Labute approximate surface area is 161 Å². The molecule has 0 atom stereocenters. The molecule has 8 nitrogen and oxygen atoms in total. The van der Waals surface area contributed by atoms with Gasteiger partial charge < -0.3 is 9.47 Å². The number of hydrogen-bond donors (Lipinski definition) is 0. The number of aryl methyl sites for hydroxylation is 2. The summed E-state index contributed by atoms with van der Waals surface area (Å²) in [7, 11) is 0. The number of benzene rings is 2. The Balaban J connectivity index is 1.77. The van der Waals surface area contributed by atoms with Gasteiger partial charge in [0.25, 0.3) is 11.2 Å². The van der Waals surface area contributed by atoms with Crippen molar-refractivity contribution in [3.63, 3.8) is 0 Å². The van der Waals surface area contributed by atoms with Crippen LogP contribution in [0.5, 0.6) is 11.5 Å². The average Bonchev–Trinajstić information content (AvgIpc) is 3.31. The van der Waals surface area contributed by atoms with Crippen LogP contribution in [0, 0.1) is 24.0 Å². The fourth-order valence-corrected chi connectivity index (χ4v) is 4.26. The second-order valence-electron chi connectivity index (χ2n) is 6.59. The van der Waals surface area contributed by atoms with Gasteiger partial charge in [-0.25, -0.2) is 9.38 Å². The molecule has 2 aromatic heterocycles. The molecule has 0 unspecified atom stereocenters. The maximum absolute atomic E-state index is 13.0. The van der Waals surface area contributed by atoms with Crippen LogP contribution in [0.15, 0.2) is 29.1 Å². The predicted molar refractivity (Wildman–Crippen MR) is 104 cm³/mol. The first-order valence-electron chi connectivity index (χ1n) is 8.44. The van der Waals surface area contributed by atoms with E-state index < -0.39 is 4.92 Å². The Morgan fingerprint density at radius 3 is 2.64 bits per heavy atom. The number of fused-ring (bicyclic) bond motifs is 4. The van der Waals surface area contributed by atoms with Crippen LogP contribution in [0.25, 0.3) is 22.1 Å². The van der Waals surface area contributed by atoms with Gasteiger partial charge >= 0.3 is 0 Å². The number of nitrogens with zero attached hydrogens (tertiary/aromatic N) is 3. The first-order chi connectivity index (χ1) is 13.4. The first kappa shape index (κ1) is 16.7. The van der Waals surface area contributed by atoms with E-state index >= 15 is 0 Å². The van der Waals surface area contributed by atoms with Gasteiger partial charge in [0.1, 0.15) is 0 Å². The van der Waals surface area contributed by atoms with E-state index in [1.807, 2.05) is 26.0 Å². The number of hydrogen-bond acceptors (Lipinski definition) is 7. The van der Waals surface area contributed by atoms with Gasteiger partial charge in [-0.2, -0.15) is 0 Å². The van der Waals surface area contributed by atoms with E-state index in [9.17, 15) is 14.9 Å². The lowest BCUT2D eigenvalue weighted by Gasteiger charge is -2.00. The lowest BCUT2D eigenvalue weighted by Crippen LogP contribution is -2.22. The SMILES string of the molecule is Cc1cc2nc3sc(=Cc4cc5c(cc4[N+](=O)[O-])OCO5)c(=O)n3c2cc1C. The molecule has 0 amide bonds. The molecule has 0 aliphatic carbocycles. The molecule has 1 aliphatic heterocycles. The zero-order chi connectivity index (χ0) is 19.6. The number of nitro benzene ring substituents is 1. The van der Waals surface area contributed by atoms with Crippen molar-refractivity contribution in [3.8, 4) is 11.5 Å². The highest BCUT2D eigenvalue weighted by molar-refractivity contribution is 7.15. The van der Waals surface area contributed by atoms with Gasteiger partial charge in [-0.15, -0.1) is 0 Å². The molecular weight excluding hydrogens is 382 g/mol. The van der Waals surface area contributed by atoms with E-state index in [4.69, 9.17) is 9.47 Å². The molecule has 0 N–H and O–H groups in total. The van der Waals surface area contributed by atoms with Crippen molar-refractivity contribution in [3.05, 3.63) is 66.0 Å². The van der Waals surface area contributed by atoms with Crippen LogP contribution >= 0.6 is 11.3 Å². The molecule has 4 aromatic rings. The van der Waals surface area contributed by atoms with E-state index in [1.54, 1.807) is 4.40 Å². The largest absolute Gasteiger partial charge is 0.454 e. The van der Waals surface area contributed by atoms with Crippen LogP contribution in [-0.2, 0) is 0 Å². The zero-order valence-corrected chi connectivity index (χ0v) is 15.7. The van der Waals surface area contributed by atoms with E-state index in [0.717, 1.165) is 22.2 Å². The van der Waals surface area contributed by atoms with Crippen LogP contribution in [-0.4, -0.2) is 21.1 Å². The normalized spacial score (nSPS) is 13.7. The van der Waals surface area contributed by atoms with Gasteiger partial charge in [0.2, 0.25) is 6.79 Å². The highest BCUT2D eigenvalue weighted by atomic mass is 32.1. The van der Waals surface area contributed by atoms with Crippen LogP contribution in [0.4, 0.5) is 5.69 Å². The van der Waals surface area contributed by atoms with Crippen molar-refractivity contribution < 1.29 is 14.4 Å². The quantitative estimate of drug-likeness (QED) is 0.382. The Hall–Kier alpha value is -3.46.